The van der Waals surface area contributed by atoms with E-state index in [9.17, 15) is 9.59 Å². The monoisotopic (exact) mass is 536 g/mol. The fraction of sp³-hybridized carbons (Fsp3) is 0.206. The summed E-state index contributed by atoms with van der Waals surface area (Å²) in [6, 6.07) is 38.8. The van der Waals surface area contributed by atoms with E-state index in [2.05, 4.69) is 0 Å². The van der Waals surface area contributed by atoms with Gasteiger partial charge in [0, 0.05) is 17.7 Å². The predicted molar refractivity (Wildman–Crippen MR) is 160 cm³/mol. The summed E-state index contributed by atoms with van der Waals surface area (Å²) in [4.78, 5) is 28.5. The number of aliphatic carboxylic acids is 1. The fourth-order valence-corrected chi connectivity index (χ4v) is 4.22. The number of nitrogens with two attached hydrogens (primary N) is 1. The summed E-state index contributed by atoms with van der Waals surface area (Å²) in [5, 5.41) is 9.01. The lowest BCUT2D eigenvalue weighted by molar-refractivity contribution is -0.146. The van der Waals surface area contributed by atoms with Crippen molar-refractivity contribution in [1.82, 2.24) is 0 Å². The molecule has 0 amide bonds. The van der Waals surface area contributed by atoms with Gasteiger partial charge in [0.25, 0.3) is 0 Å². The zero-order valence-electron chi connectivity index (χ0n) is 23.2. The van der Waals surface area contributed by atoms with Crippen LogP contribution in [-0.4, -0.2) is 43.0 Å². The molecule has 2 atom stereocenters. The Hall–Kier alpha value is -4.55. The van der Waals surface area contributed by atoms with Crippen LogP contribution in [-0.2, 0) is 25.2 Å². The zero-order chi connectivity index (χ0) is 29.0. The number of carboxylic acids is 1. The van der Waals surface area contributed by atoms with E-state index in [1.165, 1.54) is 7.11 Å². The van der Waals surface area contributed by atoms with E-state index < -0.39 is 16.8 Å². The maximum absolute atomic E-state index is 12.6. The molecule has 0 aliphatic rings. The highest BCUT2D eigenvalue weighted by atomic mass is 16.5. The lowest BCUT2D eigenvalue weighted by Crippen LogP contribution is -2.39. The van der Waals surface area contributed by atoms with Crippen molar-refractivity contribution in [3.8, 4) is 0 Å². The van der Waals surface area contributed by atoms with Gasteiger partial charge in [0.2, 0.25) is 0 Å². The summed E-state index contributed by atoms with van der Waals surface area (Å²) in [7, 11) is 1.42. The van der Waals surface area contributed by atoms with Gasteiger partial charge >= 0.3 is 11.9 Å². The van der Waals surface area contributed by atoms with Gasteiger partial charge in [-0.3, -0.25) is 14.6 Å². The van der Waals surface area contributed by atoms with E-state index in [-0.39, 0.29) is 12.5 Å². The number of esters is 1. The number of nitrogens with zero attached hydrogens (tertiary/aromatic N) is 1. The number of carbonyl (C=O) groups is 2. The number of benzene rings is 4. The topological polar surface area (TPSA) is 102 Å². The molecule has 40 heavy (non-hydrogen) atoms. The van der Waals surface area contributed by atoms with Crippen LogP contribution in [0.25, 0.3) is 0 Å². The molecular formula is C34H36N2O4. The van der Waals surface area contributed by atoms with Gasteiger partial charge in [0.15, 0.2) is 0 Å². The molecule has 4 rings (SSSR count). The number of carbonyl (C=O) groups excluding carboxylic acids is 1. The van der Waals surface area contributed by atoms with Gasteiger partial charge in [-0.15, -0.1) is 0 Å². The van der Waals surface area contributed by atoms with Crippen molar-refractivity contribution in [3.05, 3.63) is 144 Å². The summed E-state index contributed by atoms with van der Waals surface area (Å²) in [5.74, 6) is -1.18. The molecule has 0 aromatic heterocycles. The second kappa shape index (κ2) is 14.0. The third-order valence-electron chi connectivity index (χ3n) is 6.99. The quantitative estimate of drug-likeness (QED) is 0.213. The molecule has 206 valence electrons. The first-order valence-corrected chi connectivity index (χ1v) is 13.0. The predicted octanol–water partition coefficient (Wildman–Crippen LogP) is 5.64. The van der Waals surface area contributed by atoms with Crippen LogP contribution in [0.5, 0.6) is 0 Å². The first-order chi connectivity index (χ1) is 19.3. The maximum Gasteiger partial charge on any atom is 0.317 e. The van der Waals surface area contributed by atoms with Crippen LogP contribution in [0.4, 0.5) is 0 Å². The van der Waals surface area contributed by atoms with Crippen LogP contribution in [0.3, 0.4) is 0 Å². The van der Waals surface area contributed by atoms with E-state index in [0.717, 1.165) is 28.0 Å². The number of rotatable bonds is 9. The smallest absolute Gasteiger partial charge is 0.317 e. The van der Waals surface area contributed by atoms with Crippen molar-refractivity contribution in [3.63, 3.8) is 0 Å². The van der Waals surface area contributed by atoms with Crippen molar-refractivity contribution < 1.29 is 19.4 Å². The van der Waals surface area contributed by atoms with Gasteiger partial charge in [0.1, 0.15) is 10.8 Å². The normalized spacial score (nSPS) is 13.4. The molecule has 4 aromatic rings. The molecule has 0 heterocycles. The van der Waals surface area contributed by atoms with Crippen LogP contribution in [0.1, 0.15) is 36.1 Å². The highest BCUT2D eigenvalue weighted by molar-refractivity contribution is 6.13. The Labute approximate surface area is 236 Å². The highest BCUT2D eigenvalue weighted by Gasteiger charge is 2.36. The first-order valence-electron chi connectivity index (χ1n) is 13.0. The number of methoxy groups -OCH3 is 1. The zero-order valence-corrected chi connectivity index (χ0v) is 23.2. The Kier molecular flexibility index (Phi) is 10.5. The number of hydrogen-bond donors (Lipinski definition) is 2. The maximum atomic E-state index is 12.6. The van der Waals surface area contributed by atoms with E-state index in [4.69, 9.17) is 20.6 Å². The lowest BCUT2D eigenvalue weighted by atomic mass is 9.82. The molecule has 6 nitrogen and oxygen atoms in total. The molecule has 0 spiro atoms. The molecule has 0 aliphatic heterocycles. The van der Waals surface area contributed by atoms with E-state index in [0.29, 0.717) is 6.54 Å². The van der Waals surface area contributed by atoms with Gasteiger partial charge in [-0.25, -0.2) is 0 Å². The molecule has 0 radical (unpaired) electrons. The Morgan fingerprint density at radius 1 is 0.700 bits per heavy atom. The third-order valence-corrected chi connectivity index (χ3v) is 6.99. The summed E-state index contributed by atoms with van der Waals surface area (Å²) in [6.45, 7) is 3.91. The minimum absolute atomic E-state index is 0.104. The van der Waals surface area contributed by atoms with E-state index in [1.54, 1.807) is 19.1 Å². The summed E-state index contributed by atoms with van der Waals surface area (Å²) >= 11 is 0. The third kappa shape index (κ3) is 7.10. The molecular weight excluding hydrogens is 500 g/mol. The number of aliphatic imine (C=N–C) groups is 1. The molecule has 0 fully saturated rings. The molecule has 4 aromatic carbocycles. The van der Waals surface area contributed by atoms with Gasteiger partial charge in [-0.2, -0.15) is 0 Å². The fourth-order valence-electron chi connectivity index (χ4n) is 4.22. The van der Waals surface area contributed by atoms with Crippen molar-refractivity contribution in [2.24, 2.45) is 10.7 Å². The number of hydrogen-bond acceptors (Lipinski definition) is 5. The first kappa shape index (κ1) is 30.0. The number of carboxylic acid groups (broad SMARTS) is 1. The minimum Gasteiger partial charge on any atom is -0.481 e. The van der Waals surface area contributed by atoms with Crippen molar-refractivity contribution in [2.45, 2.75) is 24.7 Å². The Bertz CT molecular complexity index is 1350. The van der Waals surface area contributed by atoms with E-state index >= 15 is 0 Å². The van der Waals surface area contributed by atoms with Crippen molar-refractivity contribution in [1.29, 1.82) is 0 Å². The number of ether oxygens (including phenoxy) is 1. The minimum atomic E-state index is -0.971. The van der Waals surface area contributed by atoms with Gasteiger partial charge in [0.05, 0.1) is 19.4 Å². The molecule has 0 saturated carbocycles. The van der Waals surface area contributed by atoms with Crippen molar-refractivity contribution >= 4 is 17.7 Å². The van der Waals surface area contributed by atoms with Crippen LogP contribution in [0.15, 0.2) is 126 Å². The van der Waals surface area contributed by atoms with Crippen molar-refractivity contribution in [2.75, 3.05) is 20.2 Å². The molecule has 0 saturated heterocycles. The second-order valence-corrected chi connectivity index (χ2v) is 9.79. The molecule has 0 aliphatic carbocycles. The average molecular weight is 537 g/mol. The van der Waals surface area contributed by atoms with Gasteiger partial charge in [-0.05, 0) is 25.0 Å². The standard InChI is InChI=1S/C24H23NO2.C10H13NO2/c1-24(23(26)27-2,21-16-10-5-11-17-21)18-25-22(19-12-6-3-7-13-19)20-14-8-4-9-15-20;1-10(7-11,9(12)13)8-5-3-2-4-6-8/h3-17H,18H2,1-2H3;2-6H,7,11H2,1H3,(H,12,13). The summed E-state index contributed by atoms with van der Waals surface area (Å²) < 4.78 is 5.11. The molecule has 6 heteroatoms. The molecule has 2 unspecified atom stereocenters. The average Bonchev–Trinajstić information content (AvgIpc) is 3.02. The van der Waals surface area contributed by atoms with Crippen LogP contribution >= 0.6 is 0 Å². The Morgan fingerprint density at radius 2 is 1.07 bits per heavy atom. The highest BCUT2D eigenvalue weighted by Crippen LogP contribution is 2.27. The summed E-state index contributed by atoms with van der Waals surface area (Å²) in [5.41, 5.74) is 8.16. The SMILES string of the molecule is CC(CN)(C(=O)O)c1ccccc1.COC(=O)C(C)(CN=C(c1ccccc1)c1ccccc1)c1ccccc1. The van der Waals surface area contributed by atoms with E-state index in [1.807, 2.05) is 116 Å². The van der Waals surface area contributed by atoms with Gasteiger partial charge in [-0.1, -0.05) is 121 Å². The second-order valence-electron chi connectivity index (χ2n) is 9.79. The van der Waals surface area contributed by atoms with Crippen LogP contribution in [0.2, 0.25) is 0 Å². The Morgan fingerprint density at radius 3 is 1.43 bits per heavy atom. The van der Waals surface area contributed by atoms with Gasteiger partial charge < -0.3 is 15.6 Å². The summed E-state index contributed by atoms with van der Waals surface area (Å²) in [6.07, 6.45) is 0. The molecule has 0 bridgehead atoms. The van der Waals surface area contributed by atoms with Crippen LogP contribution < -0.4 is 5.73 Å². The Balaban J connectivity index is 0.000000285. The molecule has 3 N–H and O–H groups in total. The van der Waals surface area contributed by atoms with Crippen LogP contribution in [0, 0.1) is 0 Å². The lowest BCUT2D eigenvalue weighted by Gasteiger charge is -2.26. The largest absolute Gasteiger partial charge is 0.481 e.